The quantitative estimate of drug-likeness (QED) is 0.134. The van der Waals surface area contributed by atoms with Crippen LogP contribution in [0.15, 0.2) is 69.6 Å². The minimum Gasteiger partial charge on any atom is -0.310 e. The van der Waals surface area contributed by atoms with Crippen LogP contribution in [0.1, 0.15) is 142 Å². The summed E-state index contributed by atoms with van der Waals surface area (Å²) in [5.41, 5.74) is 7.15. The molecule has 0 fully saturated rings. The van der Waals surface area contributed by atoms with Gasteiger partial charge in [0.1, 0.15) is 11.6 Å². The van der Waals surface area contributed by atoms with Gasteiger partial charge < -0.3 is 4.90 Å². The molecule has 1 aliphatic rings. The molecule has 0 amide bonds. The van der Waals surface area contributed by atoms with Gasteiger partial charge in [-0.2, -0.15) is 0 Å². The Morgan fingerprint density at radius 3 is 1.46 bits per heavy atom. The molecular formula is C42H54Br2N4. The van der Waals surface area contributed by atoms with Crippen LogP contribution < -0.4 is 4.90 Å². The van der Waals surface area contributed by atoms with Crippen LogP contribution in [0.2, 0.25) is 0 Å². The van der Waals surface area contributed by atoms with Crippen LogP contribution in [-0.4, -0.2) is 15.0 Å². The molecule has 1 aliphatic heterocycles. The van der Waals surface area contributed by atoms with Crippen molar-refractivity contribution in [3.05, 3.63) is 92.4 Å². The Balaban J connectivity index is 1.64. The van der Waals surface area contributed by atoms with Gasteiger partial charge in [0.25, 0.3) is 0 Å². The number of rotatable bonds is 12. The van der Waals surface area contributed by atoms with Crippen LogP contribution >= 0.6 is 31.9 Å². The Kier molecular flexibility index (Phi) is 11.6. The van der Waals surface area contributed by atoms with E-state index in [9.17, 15) is 0 Å². The van der Waals surface area contributed by atoms with Crippen LogP contribution in [0, 0.1) is 0 Å². The summed E-state index contributed by atoms with van der Waals surface area (Å²) in [5, 5.41) is 0. The van der Waals surface area contributed by atoms with E-state index in [1.807, 2.05) is 0 Å². The summed E-state index contributed by atoms with van der Waals surface area (Å²) in [4.78, 5) is 17.3. The van der Waals surface area contributed by atoms with Crippen molar-refractivity contribution in [1.29, 1.82) is 0 Å². The molecule has 5 rings (SSSR count). The molecule has 4 aromatic rings. The molecule has 0 aliphatic carbocycles. The largest absolute Gasteiger partial charge is 0.310 e. The summed E-state index contributed by atoms with van der Waals surface area (Å²) in [5.74, 6) is 2.38. The van der Waals surface area contributed by atoms with Crippen molar-refractivity contribution in [2.45, 2.75) is 136 Å². The van der Waals surface area contributed by atoms with E-state index in [1.54, 1.807) is 0 Å². The molecule has 1 aromatic heterocycles. The van der Waals surface area contributed by atoms with Crippen LogP contribution in [0.25, 0.3) is 11.4 Å². The van der Waals surface area contributed by atoms with Crippen LogP contribution in [-0.2, 0) is 16.2 Å². The minimum atomic E-state index is -0.180. The number of nitrogens with zero attached hydrogens (tertiary/aromatic N) is 4. The van der Waals surface area contributed by atoms with E-state index in [0.717, 1.165) is 50.5 Å². The van der Waals surface area contributed by atoms with E-state index in [4.69, 9.17) is 15.0 Å². The summed E-state index contributed by atoms with van der Waals surface area (Å²) >= 11 is 7.77. The molecule has 6 heteroatoms. The standard InChI is InChI=1S/C42H54Br2N4/c1-9-11-13-15-25-42(26-16-14-12-10-2)33-27-30(43)19-23-35(33)48(36-24-20-31(44)28-34(36)42)32-21-17-29(18-22-32)37-45-38(40(3,4)5)47-39(46-37)41(6,7)8/h17-24,27-28H,9-16,25-26H2,1-8H3. The summed E-state index contributed by atoms with van der Waals surface area (Å²) in [6.07, 6.45) is 12.4. The van der Waals surface area contributed by atoms with E-state index < -0.39 is 0 Å². The van der Waals surface area contributed by atoms with Crippen LogP contribution in [0.3, 0.4) is 0 Å². The van der Waals surface area contributed by atoms with Crippen molar-refractivity contribution in [2.24, 2.45) is 0 Å². The molecule has 0 bridgehead atoms. The number of fused-ring (bicyclic) bond motifs is 2. The fourth-order valence-corrected chi connectivity index (χ4v) is 7.75. The predicted octanol–water partition coefficient (Wildman–Crippen LogP) is 13.7. The fourth-order valence-electron chi connectivity index (χ4n) is 7.03. The van der Waals surface area contributed by atoms with Gasteiger partial charge in [-0.05, 0) is 84.6 Å². The zero-order valence-corrected chi connectivity index (χ0v) is 33.6. The highest BCUT2D eigenvalue weighted by atomic mass is 79.9. The molecular weight excluding hydrogens is 720 g/mol. The molecule has 0 saturated carbocycles. The second-order valence-electron chi connectivity index (χ2n) is 15.7. The topological polar surface area (TPSA) is 41.9 Å². The highest BCUT2D eigenvalue weighted by Crippen LogP contribution is 2.57. The lowest BCUT2D eigenvalue weighted by molar-refractivity contribution is 0.391. The number of unbranched alkanes of at least 4 members (excludes halogenated alkanes) is 6. The first-order chi connectivity index (χ1) is 22.8. The molecule has 0 radical (unpaired) electrons. The van der Waals surface area contributed by atoms with Gasteiger partial charge in [-0.3, -0.25) is 0 Å². The molecule has 256 valence electrons. The number of hydrogen-bond donors (Lipinski definition) is 0. The van der Waals surface area contributed by atoms with Gasteiger partial charge in [-0.15, -0.1) is 0 Å². The third-order valence-corrected chi connectivity index (χ3v) is 10.7. The van der Waals surface area contributed by atoms with Gasteiger partial charge in [-0.25, -0.2) is 15.0 Å². The van der Waals surface area contributed by atoms with Crippen molar-refractivity contribution >= 4 is 48.9 Å². The molecule has 0 spiro atoms. The third kappa shape index (κ3) is 7.91. The van der Waals surface area contributed by atoms with Crippen LogP contribution in [0.5, 0.6) is 0 Å². The normalized spacial score (nSPS) is 14.2. The molecule has 0 unspecified atom stereocenters. The van der Waals surface area contributed by atoms with Gasteiger partial charge in [0.2, 0.25) is 0 Å². The third-order valence-electron chi connectivity index (χ3n) is 9.71. The van der Waals surface area contributed by atoms with E-state index in [1.165, 1.54) is 73.9 Å². The maximum Gasteiger partial charge on any atom is 0.163 e. The van der Waals surface area contributed by atoms with Crippen molar-refractivity contribution in [2.75, 3.05) is 4.90 Å². The number of halogens is 2. The monoisotopic (exact) mass is 772 g/mol. The maximum absolute atomic E-state index is 4.98. The molecule has 0 atom stereocenters. The predicted molar refractivity (Wildman–Crippen MR) is 211 cm³/mol. The zero-order valence-electron chi connectivity index (χ0n) is 30.4. The Labute approximate surface area is 306 Å². The summed E-state index contributed by atoms with van der Waals surface area (Å²) in [6.45, 7) is 17.6. The van der Waals surface area contributed by atoms with E-state index in [-0.39, 0.29) is 16.2 Å². The first-order valence-corrected chi connectivity index (χ1v) is 19.6. The van der Waals surface area contributed by atoms with Crippen molar-refractivity contribution < 1.29 is 0 Å². The van der Waals surface area contributed by atoms with Crippen LogP contribution in [0.4, 0.5) is 17.1 Å². The smallest absolute Gasteiger partial charge is 0.163 e. The van der Waals surface area contributed by atoms with Gasteiger partial charge >= 0.3 is 0 Å². The highest BCUT2D eigenvalue weighted by molar-refractivity contribution is 9.10. The van der Waals surface area contributed by atoms with E-state index >= 15 is 0 Å². The fraction of sp³-hybridized carbons (Fsp3) is 0.500. The zero-order chi connectivity index (χ0) is 34.7. The second kappa shape index (κ2) is 15.1. The Morgan fingerprint density at radius 2 is 1.04 bits per heavy atom. The highest BCUT2D eigenvalue weighted by Gasteiger charge is 2.43. The Morgan fingerprint density at radius 1 is 0.583 bits per heavy atom. The molecule has 3 aromatic carbocycles. The molecule has 48 heavy (non-hydrogen) atoms. The van der Waals surface area contributed by atoms with Crippen molar-refractivity contribution in [1.82, 2.24) is 15.0 Å². The van der Waals surface area contributed by atoms with Gasteiger partial charge in [0.05, 0.1) is 11.4 Å². The maximum atomic E-state index is 4.98. The van der Waals surface area contributed by atoms with Crippen molar-refractivity contribution in [3.63, 3.8) is 0 Å². The summed E-state index contributed by atoms with van der Waals surface area (Å²) in [6, 6.07) is 22.7. The number of hydrogen-bond acceptors (Lipinski definition) is 4. The second-order valence-corrected chi connectivity index (χ2v) is 17.5. The first-order valence-electron chi connectivity index (χ1n) is 18.1. The van der Waals surface area contributed by atoms with Crippen molar-refractivity contribution in [3.8, 4) is 11.4 Å². The van der Waals surface area contributed by atoms with Gasteiger partial charge in [-0.1, -0.05) is 139 Å². The SMILES string of the molecule is CCCCCCC1(CCCCCC)c2cc(Br)ccc2N(c2ccc(-c3nc(C(C)(C)C)nc(C(C)(C)C)n3)cc2)c2ccc(Br)cc21. The molecule has 0 saturated heterocycles. The van der Waals surface area contributed by atoms with Gasteiger partial charge in [0, 0.05) is 36.4 Å². The Bertz CT molecular complexity index is 1600. The lowest BCUT2D eigenvalue weighted by Crippen LogP contribution is -2.36. The van der Waals surface area contributed by atoms with E-state index in [2.05, 4.69) is 153 Å². The first kappa shape index (κ1) is 36.7. The number of anilines is 3. The molecule has 0 N–H and O–H groups in total. The lowest BCUT2D eigenvalue weighted by Gasteiger charge is -2.46. The van der Waals surface area contributed by atoms with Gasteiger partial charge in [0.15, 0.2) is 5.82 Å². The average Bonchev–Trinajstić information content (AvgIpc) is 3.04. The lowest BCUT2D eigenvalue weighted by atomic mass is 9.65. The molecule has 4 nitrogen and oxygen atoms in total. The Hall–Kier alpha value is -2.57. The number of aromatic nitrogens is 3. The number of benzene rings is 3. The summed E-state index contributed by atoms with van der Waals surface area (Å²) in [7, 11) is 0. The average molecular weight is 775 g/mol. The molecule has 2 heterocycles. The minimum absolute atomic E-state index is 0.0479. The summed E-state index contributed by atoms with van der Waals surface area (Å²) < 4.78 is 2.28. The van der Waals surface area contributed by atoms with E-state index in [0.29, 0.717) is 0 Å².